The molecular weight excluding hydrogens is 429 g/mol. The van der Waals surface area contributed by atoms with Crippen LogP contribution in [0, 0.1) is 5.82 Å². The molecule has 0 saturated heterocycles. The first-order chi connectivity index (χ1) is 16.0. The van der Waals surface area contributed by atoms with Crippen LogP contribution in [0.15, 0.2) is 58.3 Å². The molecule has 2 aromatic carbocycles. The Morgan fingerprint density at radius 3 is 2.76 bits per heavy atom. The predicted octanol–water partition coefficient (Wildman–Crippen LogP) is 2.67. The van der Waals surface area contributed by atoms with E-state index in [9.17, 15) is 14.0 Å². The molecular formula is C23H22FN5O4. The Morgan fingerprint density at radius 2 is 2.00 bits per heavy atom. The lowest BCUT2D eigenvalue weighted by Gasteiger charge is -2.11. The summed E-state index contributed by atoms with van der Waals surface area (Å²) < 4.78 is 25.3. The highest BCUT2D eigenvalue weighted by atomic mass is 19.1. The van der Waals surface area contributed by atoms with Crippen molar-refractivity contribution in [3.8, 4) is 17.2 Å². The summed E-state index contributed by atoms with van der Waals surface area (Å²) in [7, 11) is 1.59. The lowest BCUT2D eigenvalue weighted by atomic mass is 10.1. The van der Waals surface area contributed by atoms with E-state index in [-0.39, 0.29) is 22.7 Å². The molecule has 170 valence electrons. The number of benzene rings is 2. The Hall–Kier alpha value is -4.21. The van der Waals surface area contributed by atoms with Gasteiger partial charge >= 0.3 is 5.69 Å². The molecule has 0 amide bonds. The fourth-order valence-electron chi connectivity index (χ4n) is 3.40. The second kappa shape index (κ2) is 9.51. The molecule has 0 aliphatic rings. The molecule has 2 aromatic heterocycles. The van der Waals surface area contributed by atoms with Crippen LogP contribution in [0.2, 0.25) is 0 Å². The molecule has 0 bridgehead atoms. The first kappa shape index (κ1) is 22.0. The number of methoxy groups -OCH3 is 1. The fourth-order valence-corrected chi connectivity index (χ4v) is 3.40. The van der Waals surface area contributed by atoms with Crippen molar-refractivity contribution in [2.24, 2.45) is 0 Å². The van der Waals surface area contributed by atoms with Gasteiger partial charge < -0.3 is 14.8 Å². The van der Waals surface area contributed by atoms with Crippen molar-refractivity contribution in [1.82, 2.24) is 19.5 Å². The maximum Gasteiger partial charge on any atom is 0.334 e. The number of rotatable bonds is 8. The number of fused-ring (bicyclic) bond motifs is 1. The zero-order valence-electron chi connectivity index (χ0n) is 18.1. The van der Waals surface area contributed by atoms with Gasteiger partial charge in [-0.2, -0.15) is 4.98 Å². The summed E-state index contributed by atoms with van der Waals surface area (Å²) in [6.07, 6.45) is 1.99. The molecule has 10 heteroatoms. The molecule has 0 spiro atoms. The van der Waals surface area contributed by atoms with Crippen LogP contribution in [0.3, 0.4) is 0 Å². The van der Waals surface area contributed by atoms with Crippen molar-refractivity contribution >= 4 is 17.0 Å². The first-order valence-corrected chi connectivity index (χ1v) is 10.3. The zero-order valence-corrected chi connectivity index (χ0v) is 18.1. The fraction of sp³-hybridized carbons (Fsp3) is 0.217. The van der Waals surface area contributed by atoms with Crippen LogP contribution in [-0.4, -0.2) is 39.8 Å². The van der Waals surface area contributed by atoms with Crippen molar-refractivity contribution in [2.75, 3.05) is 25.6 Å². The standard InChI is InChI=1S/C23H22FN5O4/c1-3-33-19-11-14(7-8-18(19)32-2)9-10-25-22-26-13-17-20(27-22)28-23(31)29(21(17)30)16-6-4-5-15(24)12-16/h4-8,11-13H,3,9-10H2,1-2H3,(H2,25,26,27,28,31). The van der Waals surface area contributed by atoms with Crippen LogP contribution in [-0.2, 0) is 6.42 Å². The smallest absolute Gasteiger partial charge is 0.334 e. The number of H-pyrrole nitrogens is 1. The normalized spacial score (nSPS) is 10.9. The maximum absolute atomic E-state index is 13.5. The van der Waals surface area contributed by atoms with Gasteiger partial charge in [0.15, 0.2) is 17.1 Å². The number of aromatic amines is 1. The summed E-state index contributed by atoms with van der Waals surface area (Å²) in [6, 6.07) is 10.9. The van der Waals surface area contributed by atoms with E-state index in [1.54, 1.807) is 7.11 Å². The molecule has 33 heavy (non-hydrogen) atoms. The highest BCUT2D eigenvalue weighted by molar-refractivity contribution is 5.73. The second-order valence-corrected chi connectivity index (χ2v) is 7.10. The van der Waals surface area contributed by atoms with Gasteiger partial charge in [0.05, 0.1) is 19.4 Å². The molecule has 4 aromatic rings. The summed E-state index contributed by atoms with van der Waals surface area (Å²) in [6.45, 7) is 2.94. The quantitative estimate of drug-likeness (QED) is 0.424. The molecule has 2 heterocycles. The molecule has 0 fully saturated rings. The Morgan fingerprint density at radius 1 is 1.15 bits per heavy atom. The van der Waals surface area contributed by atoms with E-state index < -0.39 is 17.1 Å². The van der Waals surface area contributed by atoms with E-state index >= 15 is 0 Å². The van der Waals surface area contributed by atoms with Crippen LogP contribution in [0.4, 0.5) is 10.3 Å². The van der Waals surface area contributed by atoms with Gasteiger partial charge in [-0.25, -0.2) is 18.7 Å². The maximum atomic E-state index is 13.5. The molecule has 0 aliphatic carbocycles. The van der Waals surface area contributed by atoms with Crippen molar-refractivity contribution < 1.29 is 13.9 Å². The van der Waals surface area contributed by atoms with E-state index in [1.165, 1.54) is 24.4 Å². The average molecular weight is 451 g/mol. The van der Waals surface area contributed by atoms with Crippen LogP contribution in [0.25, 0.3) is 16.7 Å². The Labute approximate surface area is 187 Å². The van der Waals surface area contributed by atoms with E-state index in [2.05, 4.69) is 20.3 Å². The van der Waals surface area contributed by atoms with Gasteiger partial charge in [-0.1, -0.05) is 12.1 Å². The highest BCUT2D eigenvalue weighted by Gasteiger charge is 2.12. The number of hydrogen-bond donors (Lipinski definition) is 2. The molecule has 0 atom stereocenters. The van der Waals surface area contributed by atoms with E-state index in [1.807, 2.05) is 25.1 Å². The van der Waals surface area contributed by atoms with Crippen molar-refractivity contribution in [2.45, 2.75) is 13.3 Å². The summed E-state index contributed by atoms with van der Waals surface area (Å²) in [5, 5.41) is 3.20. The second-order valence-electron chi connectivity index (χ2n) is 7.10. The summed E-state index contributed by atoms with van der Waals surface area (Å²) >= 11 is 0. The molecule has 9 nitrogen and oxygen atoms in total. The topological polar surface area (TPSA) is 111 Å². The SMILES string of the molecule is CCOc1cc(CCNc2ncc3c(=O)n(-c4cccc(F)c4)c(=O)[nH]c3n2)ccc1OC. The van der Waals surface area contributed by atoms with Gasteiger partial charge in [-0.3, -0.25) is 9.78 Å². The third-order valence-corrected chi connectivity index (χ3v) is 4.94. The lowest BCUT2D eigenvalue weighted by molar-refractivity contribution is 0.310. The van der Waals surface area contributed by atoms with Crippen molar-refractivity contribution in [3.63, 3.8) is 0 Å². The monoisotopic (exact) mass is 451 g/mol. The number of anilines is 1. The number of ether oxygens (including phenoxy) is 2. The van der Waals surface area contributed by atoms with Gasteiger partial charge in [0.1, 0.15) is 11.2 Å². The number of aromatic nitrogens is 4. The van der Waals surface area contributed by atoms with Crippen LogP contribution >= 0.6 is 0 Å². The van der Waals surface area contributed by atoms with Crippen LogP contribution < -0.4 is 26.0 Å². The van der Waals surface area contributed by atoms with Gasteiger partial charge in [-0.05, 0) is 49.2 Å². The first-order valence-electron chi connectivity index (χ1n) is 10.3. The summed E-state index contributed by atoms with van der Waals surface area (Å²) in [5.41, 5.74) is -0.106. The summed E-state index contributed by atoms with van der Waals surface area (Å²) in [5.74, 6) is 1.05. The Balaban J connectivity index is 1.53. The minimum atomic E-state index is -0.718. The predicted molar refractivity (Wildman–Crippen MR) is 122 cm³/mol. The van der Waals surface area contributed by atoms with E-state index in [0.29, 0.717) is 31.1 Å². The summed E-state index contributed by atoms with van der Waals surface area (Å²) in [4.78, 5) is 36.3. The number of nitrogens with zero attached hydrogens (tertiary/aromatic N) is 3. The molecule has 2 N–H and O–H groups in total. The number of halogens is 1. The van der Waals surface area contributed by atoms with Gasteiger partial charge in [-0.15, -0.1) is 0 Å². The Kier molecular flexibility index (Phi) is 6.34. The Bertz CT molecular complexity index is 1420. The van der Waals surface area contributed by atoms with Gasteiger partial charge in [0.25, 0.3) is 5.56 Å². The minimum absolute atomic E-state index is 0.0956. The molecule has 4 rings (SSSR count). The van der Waals surface area contributed by atoms with Crippen LogP contribution in [0.5, 0.6) is 11.5 Å². The minimum Gasteiger partial charge on any atom is -0.493 e. The van der Waals surface area contributed by atoms with E-state index in [0.717, 1.165) is 16.2 Å². The number of nitrogens with one attached hydrogen (secondary N) is 2. The lowest BCUT2D eigenvalue weighted by Crippen LogP contribution is -2.34. The van der Waals surface area contributed by atoms with E-state index in [4.69, 9.17) is 9.47 Å². The van der Waals surface area contributed by atoms with Crippen molar-refractivity contribution in [1.29, 1.82) is 0 Å². The van der Waals surface area contributed by atoms with Gasteiger partial charge in [0, 0.05) is 12.7 Å². The molecule has 0 radical (unpaired) electrons. The number of hydrogen-bond acceptors (Lipinski definition) is 7. The third-order valence-electron chi connectivity index (χ3n) is 4.94. The average Bonchev–Trinajstić information content (AvgIpc) is 2.79. The highest BCUT2D eigenvalue weighted by Crippen LogP contribution is 2.28. The molecule has 0 aliphatic heterocycles. The zero-order chi connectivity index (χ0) is 23.4. The van der Waals surface area contributed by atoms with Crippen LogP contribution in [0.1, 0.15) is 12.5 Å². The molecule has 0 unspecified atom stereocenters. The third kappa shape index (κ3) is 4.69. The molecule has 0 saturated carbocycles. The largest absolute Gasteiger partial charge is 0.493 e. The van der Waals surface area contributed by atoms with Gasteiger partial charge in [0.2, 0.25) is 5.95 Å². The van der Waals surface area contributed by atoms with Crippen molar-refractivity contribution in [3.05, 3.63) is 80.9 Å².